The average Bonchev–Trinajstić information content (AvgIpc) is 2.60. The SMILES string of the molecule is N#C/C(=C/c1ccc([N+](=O)[O-])cc1)C(=O)NCCN1CCCCC1. The van der Waals surface area contributed by atoms with Gasteiger partial charge >= 0.3 is 0 Å². The zero-order valence-electron chi connectivity index (χ0n) is 13.4. The number of nitrogens with zero attached hydrogens (tertiary/aromatic N) is 3. The number of hydrogen-bond donors (Lipinski definition) is 1. The Morgan fingerprint density at radius 1 is 1.29 bits per heavy atom. The summed E-state index contributed by atoms with van der Waals surface area (Å²) in [5, 5.41) is 22.5. The van der Waals surface area contributed by atoms with E-state index in [1.165, 1.54) is 49.6 Å². The number of rotatable bonds is 6. The first-order chi connectivity index (χ1) is 11.6. The lowest BCUT2D eigenvalue weighted by molar-refractivity contribution is -0.384. The van der Waals surface area contributed by atoms with Gasteiger partial charge in [0.25, 0.3) is 11.6 Å². The van der Waals surface area contributed by atoms with E-state index in [1.54, 1.807) is 0 Å². The average molecular weight is 328 g/mol. The van der Waals surface area contributed by atoms with Gasteiger partial charge in [-0.3, -0.25) is 14.9 Å². The van der Waals surface area contributed by atoms with Crippen LogP contribution in [-0.4, -0.2) is 41.9 Å². The Hall–Kier alpha value is -2.72. The first kappa shape index (κ1) is 17.6. The molecule has 0 radical (unpaired) electrons. The van der Waals surface area contributed by atoms with Gasteiger partial charge in [0.15, 0.2) is 0 Å². The van der Waals surface area contributed by atoms with E-state index in [2.05, 4.69) is 10.2 Å². The second kappa shape index (κ2) is 8.79. The van der Waals surface area contributed by atoms with E-state index in [1.807, 2.05) is 6.07 Å². The number of piperidine rings is 1. The van der Waals surface area contributed by atoms with Crippen LogP contribution in [-0.2, 0) is 4.79 Å². The summed E-state index contributed by atoms with van der Waals surface area (Å²) in [6.07, 6.45) is 5.08. The molecule has 0 unspecified atom stereocenters. The van der Waals surface area contributed by atoms with E-state index >= 15 is 0 Å². The summed E-state index contributed by atoms with van der Waals surface area (Å²) >= 11 is 0. The Balaban J connectivity index is 1.90. The van der Waals surface area contributed by atoms with Gasteiger partial charge in [0.05, 0.1) is 4.92 Å². The maximum atomic E-state index is 12.1. The molecule has 1 aliphatic rings. The minimum Gasteiger partial charge on any atom is -0.350 e. The Bertz CT molecular complexity index is 655. The van der Waals surface area contributed by atoms with Crippen LogP contribution in [0.5, 0.6) is 0 Å². The van der Waals surface area contributed by atoms with Gasteiger partial charge in [-0.2, -0.15) is 5.26 Å². The van der Waals surface area contributed by atoms with Crippen LogP contribution in [0.4, 0.5) is 5.69 Å². The van der Waals surface area contributed by atoms with E-state index in [-0.39, 0.29) is 11.3 Å². The van der Waals surface area contributed by atoms with Crippen molar-refractivity contribution >= 4 is 17.7 Å². The molecule has 2 rings (SSSR count). The van der Waals surface area contributed by atoms with E-state index in [9.17, 15) is 14.9 Å². The van der Waals surface area contributed by atoms with Crippen molar-refractivity contribution in [2.45, 2.75) is 19.3 Å². The van der Waals surface area contributed by atoms with Crippen molar-refractivity contribution in [2.75, 3.05) is 26.2 Å². The lowest BCUT2D eigenvalue weighted by atomic mass is 10.1. The molecule has 0 spiro atoms. The lowest BCUT2D eigenvalue weighted by Crippen LogP contribution is -2.37. The van der Waals surface area contributed by atoms with Crippen molar-refractivity contribution in [3.63, 3.8) is 0 Å². The van der Waals surface area contributed by atoms with Gasteiger partial charge in [-0.05, 0) is 49.7 Å². The van der Waals surface area contributed by atoms with Crippen LogP contribution in [0, 0.1) is 21.4 Å². The first-order valence-electron chi connectivity index (χ1n) is 7.97. The third-order valence-electron chi connectivity index (χ3n) is 3.94. The number of carbonyl (C=O) groups excluding carboxylic acids is 1. The zero-order chi connectivity index (χ0) is 17.4. The molecule has 1 saturated heterocycles. The number of nitro benzene ring substituents is 1. The summed E-state index contributed by atoms with van der Waals surface area (Å²) in [6.45, 7) is 3.39. The number of non-ortho nitro benzene ring substituents is 1. The largest absolute Gasteiger partial charge is 0.350 e. The minimum atomic E-state index is -0.494. The molecule has 0 bridgehead atoms. The molecule has 1 N–H and O–H groups in total. The van der Waals surface area contributed by atoms with E-state index in [4.69, 9.17) is 5.26 Å². The van der Waals surface area contributed by atoms with Crippen molar-refractivity contribution in [3.8, 4) is 6.07 Å². The smallest absolute Gasteiger partial charge is 0.269 e. The first-order valence-corrected chi connectivity index (χ1v) is 7.97. The number of amides is 1. The Kier molecular flexibility index (Phi) is 6.46. The van der Waals surface area contributed by atoms with E-state index in [0.29, 0.717) is 12.1 Å². The molecular formula is C17H20N4O3. The quantitative estimate of drug-likeness (QED) is 0.373. The summed E-state index contributed by atoms with van der Waals surface area (Å²) < 4.78 is 0. The van der Waals surface area contributed by atoms with Crippen LogP contribution in [0.15, 0.2) is 29.8 Å². The summed E-state index contributed by atoms with van der Waals surface area (Å²) in [5.41, 5.74) is 0.530. The number of hydrogen-bond acceptors (Lipinski definition) is 5. The highest BCUT2D eigenvalue weighted by Crippen LogP contribution is 2.14. The third-order valence-corrected chi connectivity index (χ3v) is 3.94. The highest BCUT2D eigenvalue weighted by atomic mass is 16.6. The highest BCUT2D eigenvalue weighted by molar-refractivity contribution is 6.01. The number of carbonyl (C=O) groups is 1. The van der Waals surface area contributed by atoms with Gasteiger partial charge in [0.1, 0.15) is 11.6 Å². The van der Waals surface area contributed by atoms with Crippen LogP contribution in [0.1, 0.15) is 24.8 Å². The van der Waals surface area contributed by atoms with Gasteiger partial charge in [0, 0.05) is 25.2 Å². The molecule has 24 heavy (non-hydrogen) atoms. The Labute approximate surface area is 140 Å². The van der Waals surface area contributed by atoms with Gasteiger partial charge in [-0.1, -0.05) is 6.42 Å². The maximum Gasteiger partial charge on any atom is 0.269 e. The number of benzene rings is 1. The molecule has 7 heteroatoms. The molecule has 1 aliphatic heterocycles. The molecule has 0 aromatic heterocycles. The van der Waals surface area contributed by atoms with Crippen molar-refractivity contribution in [1.82, 2.24) is 10.2 Å². The van der Waals surface area contributed by atoms with Gasteiger partial charge in [-0.15, -0.1) is 0 Å². The van der Waals surface area contributed by atoms with Crippen LogP contribution in [0.25, 0.3) is 6.08 Å². The molecule has 0 saturated carbocycles. The number of nitrogens with one attached hydrogen (secondary N) is 1. The Morgan fingerprint density at radius 3 is 2.54 bits per heavy atom. The standard InChI is InChI=1S/C17H20N4O3/c18-13-15(12-14-4-6-16(7-5-14)21(23)24)17(22)19-8-11-20-9-2-1-3-10-20/h4-7,12H,1-3,8-11H2,(H,19,22)/b15-12-. The summed E-state index contributed by atoms with van der Waals surface area (Å²) in [5.74, 6) is -0.423. The molecule has 126 valence electrons. The fraction of sp³-hybridized carbons (Fsp3) is 0.412. The van der Waals surface area contributed by atoms with Crippen molar-refractivity contribution in [3.05, 3.63) is 45.5 Å². The van der Waals surface area contributed by atoms with Crippen LogP contribution in [0.2, 0.25) is 0 Å². The molecule has 7 nitrogen and oxygen atoms in total. The maximum absolute atomic E-state index is 12.1. The molecule has 1 fully saturated rings. The number of likely N-dealkylation sites (tertiary alicyclic amines) is 1. The molecule has 1 heterocycles. The zero-order valence-corrected chi connectivity index (χ0v) is 13.4. The van der Waals surface area contributed by atoms with E-state index in [0.717, 1.165) is 19.6 Å². The summed E-state index contributed by atoms with van der Waals surface area (Å²) in [4.78, 5) is 24.5. The van der Waals surface area contributed by atoms with Crippen LogP contribution >= 0.6 is 0 Å². The van der Waals surface area contributed by atoms with Gasteiger partial charge in [0.2, 0.25) is 0 Å². The molecular weight excluding hydrogens is 308 g/mol. The van der Waals surface area contributed by atoms with Crippen LogP contribution < -0.4 is 5.32 Å². The van der Waals surface area contributed by atoms with Crippen molar-refractivity contribution < 1.29 is 9.72 Å². The molecule has 1 aromatic carbocycles. The summed E-state index contributed by atoms with van der Waals surface area (Å²) in [7, 11) is 0. The third kappa shape index (κ3) is 5.18. The predicted molar refractivity (Wildman–Crippen MR) is 90.0 cm³/mol. The molecule has 0 aliphatic carbocycles. The lowest BCUT2D eigenvalue weighted by Gasteiger charge is -2.26. The molecule has 0 atom stereocenters. The fourth-order valence-corrected chi connectivity index (χ4v) is 2.61. The second-order valence-electron chi connectivity index (χ2n) is 5.68. The molecule has 1 amide bonds. The Morgan fingerprint density at radius 2 is 1.96 bits per heavy atom. The number of nitro groups is 1. The number of nitriles is 1. The normalized spacial score (nSPS) is 15.5. The van der Waals surface area contributed by atoms with Gasteiger partial charge in [-0.25, -0.2) is 0 Å². The monoisotopic (exact) mass is 328 g/mol. The van der Waals surface area contributed by atoms with Gasteiger partial charge < -0.3 is 10.2 Å². The fourth-order valence-electron chi connectivity index (χ4n) is 2.61. The highest BCUT2D eigenvalue weighted by Gasteiger charge is 2.12. The topological polar surface area (TPSA) is 99.3 Å². The predicted octanol–water partition coefficient (Wildman–Crippen LogP) is 2.10. The summed E-state index contributed by atoms with van der Waals surface area (Å²) in [6, 6.07) is 7.58. The minimum absolute atomic E-state index is 0.0116. The van der Waals surface area contributed by atoms with E-state index < -0.39 is 10.8 Å². The van der Waals surface area contributed by atoms with Crippen molar-refractivity contribution in [2.24, 2.45) is 0 Å². The van der Waals surface area contributed by atoms with Crippen LogP contribution in [0.3, 0.4) is 0 Å². The second-order valence-corrected chi connectivity index (χ2v) is 5.68. The molecule has 1 aromatic rings. The van der Waals surface area contributed by atoms with Crippen molar-refractivity contribution in [1.29, 1.82) is 5.26 Å².